The van der Waals surface area contributed by atoms with Crippen LogP contribution in [0.1, 0.15) is 62.8 Å². The number of nitrogens with one attached hydrogen (secondary N) is 1. The number of hydrogen-bond acceptors (Lipinski definition) is 7. The van der Waals surface area contributed by atoms with Crippen molar-refractivity contribution in [1.82, 2.24) is 40.4 Å². The number of aromatic amines is 1. The summed E-state index contributed by atoms with van der Waals surface area (Å²) in [4.78, 5) is 9.34. The van der Waals surface area contributed by atoms with Gasteiger partial charge < -0.3 is 5.11 Å². The van der Waals surface area contributed by atoms with Crippen LogP contribution in [-0.2, 0) is 13.0 Å². The number of tetrazole rings is 1. The van der Waals surface area contributed by atoms with E-state index in [1.807, 2.05) is 48.1 Å². The van der Waals surface area contributed by atoms with Gasteiger partial charge in [-0.05, 0) is 34.9 Å². The van der Waals surface area contributed by atoms with Crippen molar-refractivity contribution >= 4 is 0 Å². The van der Waals surface area contributed by atoms with Gasteiger partial charge in [-0.3, -0.25) is 4.98 Å². The highest BCUT2D eigenvalue weighted by molar-refractivity contribution is 5.78. The van der Waals surface area contributed by atoms with Gasteiger partial charge in [0, 0.05) is 30.3 Å². The van der Waals surface area contributed by atoms with Crippen molar-refractivity contribution in [2.75, 3.05) is 0 Å². The van der Waals surface area contributed by atoms with Crippen LogP contribution in [-0.4, -0.2) is 45.5 Å². The first-order valence-electron chi connectivity index (χ1n) is 11.1. The summed E-state index contributed by atoms with van der Waals surface area (Å²) in [5, 5.41) is 29.1. The third-order valence-electron chi connectivity index (χ3n) is 5.34. The van der Waals surface area contributed by atoms with E-state index >= 15 is 0 Å². The van der Waals surface area contributed by atoms with Gasteiger partial charge in [0.2, 0.25) is 0 Å². The Kier molecular flexibility index (Phi) is 6.96. The Hall–Kier alpha value is -3.46. The van der Waals surface area contributed by atoms with Crippen molar-refractivity contribution in [1.29, 1.82) is 0 Å². The minimum absolute atomic E-state index is 0.511. The summed E-state index contributed by atoms with van der Waals surface area (Å²) < 4.78 is 1.93. The standard InChI is InChI=1S/C23H28N8O/c1-3-5-13-31-21(25-23(28-31)20(32)8-4-2)14-16-11-12-19(24-15-16)17-9-6-7-10-18(17)22-26-29-30-27-22/h6-7,9-12,15,20,32H,3-5,8,13-14H2,1-2H3,(H,26,27,29,30). The smallest absolute Gasteiger partial charge is 0.180 e. The lowest BCUT2D eigenvalue weighted by atomic mass is 10.0. The summed E-state index contributed by atoms with van der Waals surface area (Å²) in [6.07, 6.45) is 5.49. The first-order chi connectivity index (χ1) is 15.7. The molecule has 0 saturated carbocycles. The van der Waals surface area contributed by atoms with Crippen molar-refractivity contribution in [3.8, 4) is 22.6 Å². The van der Waals surface area contributed by atoms with Gasteiger partial charge in [0.05, 0.1) is 5.69 Å². The number of rotatable bonds is 10. The fourth-order valence-corrected chi connectivity index (χ4v) is 3.61. The van der Waals surface area contributed by atoms with Crippen molar-refractivity contribution < 1.29 is 5.11 Å². The van der Waals surface area contributed by atoms with Crippen molar-refractivity contribution in [2.45, 2.75) is 58.6 Å². The van der Waals surface area contributed by atoms with Crippen molar-refractivity contribution in [3.05, 3.63) is 59.8 Å². The van der Waals surface area contributed by atoms with Crippen molar-refractivity contribution in [3.63, 3.8) is 0 Å². The average Bonchev–Trinajstić information content (AvgIpc) is 3.49. The molecule has 32 heavy (non-hydrogen) atoms. The molecule has 0 fully saturated rings. The van der Waals surface area contributed by atoms with E-state index in [1.165, 1.54) is 0 Å². The number of benzene rings is 1. The molecule has 0 aliphatic heterocycles. The maximum Gasteiger partial charge on any atom is 0.180 e. The van der Waals surface area contributed by atoms with E-state index in [1.54, 1.807) is 0 Å². The molecule has 9 nitrogen and oxygen atoms in total. The molecule has 9 heteroatoms. The lowest BCUT2D eigenvalue weighted by molar-refractivity contribution is 0.156. The second kappa shape index (κ2) is 10.2. The molecule has 2 N–H and O–H groups in total. The summed E-state index contributed by atoms with van der Waals surface area (Å²) >= 11 is 0. The van der Waals surface area contributed by atoms with Crippen LogP contribution < -0.4 is 0 Å². The summed E-state index contributed by atoms with van der Waals surface area (Å²) in [6.45, 7) is 4.99. The quantitative estimate of drug-likeness (QED) is 0.392. The number of aliphatic hydroxyl groups excluding tert-OH is 1. The molecule has 3 heterocycles. The molecule has 0 saturated heterocycles. The van der Waals surface area contributed by atoms with Gasteiger partial charge >= 0.3 is 0 Å². The zero-order chi connectivity index (χ0) is 22.3. The SMILES string of the molecule is CCCCn1nc(C(O)CCC)nc1Cc1ccc(-c2ccccc2-c2nnn[nH]2)nc1. The van der Waals surface area contributed by atoms with E-state index in [0.29, 0.717) is 24.5 Å². The Morgan fingerprint density at radius 1 is 1.06 bits per heavy atom. The molecule has 0 bridgehead atoms. The monoisotopic (exact) mass is 432 g/mol. The second-order valence-corrected chi connectivity index (χ2v) is 7.79. The average molecular weight is 433 g/mol. The number of nitrogens with zero attached hydrogens (tertiary/aromatic N) is 7. The molecule has 0 spiro atoms. The van der Waals surface area contributed by atoms with Gasteiger partial charge in [0.25, 0.3) is 0 Å². The van der Waals surface area contributed by atoms with Gasteiger partial charge in [-0.25, -0.2) is 14.8 Å². The van der Waals surface area contributed by atoms with Gasteiger partial charge in [-0.15, -0.1) is 5.10 Å². The molecule has 0 radical (unpaired) electrons. The van der Waals surface area contributed by atoms with Crippen molar-refractivity contribution in [2.24, 2.45) is 0 Å². The Labute approximate surface area is 187 Å². The third kappa shape index (κ3) is 4.88. The summed E-state index contributed by atoms with van der Waals surface area (Å²) in [6, 6.07) is 11.9. The predicted molar refractivity (Wildman–Crippen MR) is 120 cm³/mol. The van der Waals surface area contributed by atoms with Crippen LogP contribution in [0.2, 0.25) is 0 Å². The Morgan fingerprint density at radius 3 is 2.59 bits per heavy atom. The maximum absolute atomic E-state index is 10.3. The number of unbranched alkanes of at least 4 members (excludes halogenated alkanes) is 1. The molecule has 166 valence electrons. The first-order valence-corrected chi connectivity index (χ1v) is 11.1. The van der Waals surface area contributed by atoms with Crippen LogP contribution in [0.4, 0.5) is 0 Å². The largest absolute Gasteiger partial charge is 0.385 e. The van der Waals surface area contributed by atoms with E-state index in [-0.39, 0.29) is 0 Å². The Morgan fingerprint density at radius 2 is 1.91 bits per heavy atom. The first kappa shape index (κ1) is 21.8. The number of aromatic nitrogens is 8. The molecule has 0 amide bonds. The van der Waals surface area contributed by atoms with Crippen LogP contribution >= 0.6 is 0 Å². The minimum atomic E-state index is -0.621. The van der Waals surface area contributed by atoms with Crippen LogP contribution in [0.5, 0.6) is 0 Å². The molecule has 1 aromatic carbocycles. The fraction of sp³-hybridized carbons (Fsp3) is 0.391. The lowest BCUT2D eigenvalue weighted by Crippen LogP contribution is -2.07. The molecule has 0 aliphatic rings. The molecule has 1 unspecified atom stereocenters. The van der Waals surface area contributed by atoms with Crippen LogP contribution in [0.15, 0.2) is 42.6 Å². The topological polar surface area (TPSA) is 118 Å². The molecular formula is C23H28N8O. The molecular weight excluding hydrogens is 404 g/mol. The third-order valence-corrected chi connectivity index (χ3v) is 5.34. The lowest BCUT2D eigenvalue weighted by Gasteiger charge is -2.08. The highest BCUT2D eigenvalue weighted by Crippen LogP contribution is 2.28. The van der Waals surface area contributed by atoms with Gasteiger partial charge in [0.15, 0.2) is 11.6 Å². The van der Waals surface area contributed by atoms with Crippen LogP contribution in [0, 0.1) is 0 Å². The molecule has 1 atom stereocenters. The summed E-state index contributed by atoms with van der Waals surface area (Å²) in [7, 11) is 0. The number of hydrogen-bond donors (Lipinski definition) is 2. The van der Waals surface area contributed by atoms with Crippen LogP contribution in [0.25, 0.3) is 22.6 Å². The summed E-state index contributed by atoms with van der Waals surface area (Å²) in [5.41, 5.74) is 3.72. The number of aliphatic hydroxyl groups is 1. The van der Waals surface area contributed by atoms with E-state index in [0.717, 1.165) is 54.0 Å². The molecule has 4 rings (SSSR count). The number of pyridine rings is 1. The normalized spacial score (nSPS) is 12.2. The zero-order valence-corrected chi connectivity index (χ0v) is 18.4. The van der Waals surface area contributed by atoms with Gasteiger partial charge in [-0.2, -0.15) is 5.10 Å². The van der Waals surface area contributed by atoms with E-state index < -0.39 is 6.10 Å². The van der Waals surface area contributed by atoms with Gasteiger partial charge in [0.1, 0.15) is 11.9 Å². The van der Waals surface area contributed by atoms with E-state index in [9.17, 15) is 5.11 Å². The molecule has 4 aromatic rings. The molecule has 0 aliphatic carbocycles. The number of aryl methyl sites for hydroxylation is 1. The second-order valence-electron chi connectivity index (χ2n) is 7.79. The van der Waals surface area contributed by atoms with Gasteiger partial charge in [-0.1, -0.05) is 57.0 Å². The highest BCUT2D eigenvalue weighted by Gasteiger charge is 2.17. The van der Waals surface area contributed by atoms with E-state index in [4.69, 9.17) is 0 Å². The van der Waals surface area contributed by atoms with Crippen LogP contribution in [0.3, 0.4) is 0 Å². The fourth-order valence-electron chi connectivity index (χ4n) is 3.61. The zero-order valence-electron chi connectivity index (χ0n) is 18.4. The predicted octanol–water partition coefficient (Wildman–Crippen LogP) is 3.74. The Balaban J connectivity index is 1.57. The summed E-state index contributed by atoms with van der Waals surface area (Å²) in [5.74, 6) is 1.97. The molecule has 3 aromatic heterocycles. The number of H-pyrrole nitrogens is 1. The highest BCUT2D eigenvalue weighted by atomic mass is 16.3. The maximum atomic E-state index is 10.3. The van der Waals surface area contributed by atoms with E-state index in [2.05, 4.69) is 48.7 Å². The minimum Gasteiger partial charge on any atom is -0.385 e. The Bertz CT molecular complexity index is 1120.